The van der Waals surface area contributed by atoms with Gasteiger partial charge in [-0.2, -0.15) is 0 Å². The number of methoxy groups -OCH3 is 1. The average Bonchev–Trinajstić information content (AvgIpc) is 1.97. The number of rotatable bonds is 6. The van der Waals surface area contributed by atoms with Crippen LogP contribution in [0.3, 0.4) is 0 Å². The van der Waals surface area contributed by atoms with Crippen molar-refractivity contribution in [3.63, 3.8) is 0 Å². The summed E-state index contributed by atoms with van der Waals surface area (Å²) in [5, 5.41) is 0. The van der Waals surface area contributed by atoms with Crippen LogP contribution in [-0.2, 0) is 4.74 Å². The van der Waals surface area contributed by atoms with Gasteiger partial charge in [-0.15, -0.1) is 0 Å². The standard InChI is InChI=1S/C9H16O/c1-3-4-5-6-7-8-9-10-2/h3-5H,1,6-9H2,2H3. The summed E-state index contributed by atoms with van der Waals surface area (Å²) in [6.07, 6.45) is 9.40. The molecule has 0 fully saturated rings. The van der Waals surface area contributed by atoms with Crippen LogP contribution in [0.15, 0.2) is 24.8 Å². The third-order valence-electron chi connectivity index (χ3n) is 1.24. The van der Waals surface area contributed by atoms with Crippen molar-refractivity contribution in [2.75, 3.05) is 13.7 Å². The Bertz CT molecular complexity index is 94.9. The Morgan fingerprint density at radius 3 is 2.80 bits per heavy atom. The van der Waals surface area contributed by atoms with Crippen molar-refractivity contribution >= 4 is 0 Å². The summed E-state index contributed by atoms with van der Waals surface area (Å²) in [5.74, 6) is 0. The molecule has 0 atom stereocenters. The van der Waals surface area contributed by atoms with Crippen molar-refractivity contribution in [2.45, 2.75) is 19.3 Å². The minimum atomic E-state index is 0.877. The van der Waals surface area contributed by atoms with E-state index in [4.69, 9.17) is 4.74 Å². The van der Waals surface area contributed by atoms with Crippen LogP contribution >= 0.6 is 0 Å². The number of allylic oxidation sites excluding steroid dienone is 3. The van der Waals surface area contributed by atoms with Crippen LogP contribution in [0.2, 0.25) is 0 Å². The van der Waals surface area contributed by atoms with Gasteiger partial charge in [-0.05, 0) is 19.3 Å². The molecule has 0 saturated carbocycles. The molecule has 0 bridgehead atoms. The maximum absolute atomic E-state index is 4.90. The van der Waals surface area contributed by atoms with E-state index in [1.165, 1.54) is 6.42 Å². The first kappa shape index (κ1) is 9.44. The Morgan fingerprint density at radius 2 is 2.20 bits per heavy atom. The zero-order valence-electron chi connectivity index (χ0n) is 6.68. The van der Waals surface area contributed by atoms with Gasteiger partial charge < -0.3 is 4.74 Å². The van der Waals surface area contributed by atoms with Gasteiger partial charge in [0.25, 0.3) is 0 Å². The van der Waals surface area contributed by atoms with Crippen LogP contribution in [0.5, 0.6) is 0 Å². The smallest absolute Gasteiger partial charge is 0.0462 e. The molecule has 0 rings (SSSR count). The summed E-state index contributed by atoms with van der Waals surface area (Å²) in [6.45, 7) is 4.46. The third-order valence-corrected chi connectivity index (χ3v) is 1.24. The first-order chi connectivity index (χ1) is 4.91. The van der Waals surface area contributed by atoms with Crippen LogP contribution in [0, 0.1) is 0 Å². The summed E-state index contributed by atoms with van der Waals surface area (Å²) in [4.78, 5) is 0. The molecule has 0 saturated heterocycles. The summed E-state index contributed by atoms with van der Waals surface area (Å²) < 4.78 is 4.90. The lowest BCUT2D eigenvalue weighted by Crippen LogP contribution is -1.86. The molecule has 0 unspecified atom stereocenters. The second-order valence-electron chi connectivity index (χ2n) is 2.15. The molecule has 0 aliphatic carbocycles. The van der Waals surface area contributed by atoms with Gasteiger partial charge >= 0.3 is 0 Å². The van der Waals surface area contributed by atoms with Crippen molar-refractivity contribution < 1.29 is 4.74 Å². The van der Waals surface area contributed by atoms with E-state index in [1.54, 1.807) is 13.2 Å². The molecule has 0 aliphatic heterocycles. The molecule has 0 aliphatic rings. The molecular weight excluding hydrogens is 124 g/mol. The van der Waals surface area contributed by atoms with E-state index in [-0.39, 0.29) is 0 Å². The Hall–Kier alpha value is -0.560. The fraction of sp³-hybridized carbons (Fsp3) is 0.556. The number of hydrogen-bond acceptors (Lipinski definition) is 1. The monoisotopic (exact) mass is 140 g/mol. The van der Waals surface area contributed by atoms with Crippen molar-refractivity contribution in [1.29, 1.82) is 0 Å². The van der Waals surface area contributed by atoms with Crippen LogP contribution in [0.25, 0.3) is 0 Å². The van der Waals surface area contributed by atoms with Gasteiger partial charge in [0.1, 0.15) is 0 Å². The van der Waals surface area contributed by atoms with Gasteiger partial charge in [0.2, 0.25) is 0 Å². The zero-order chi connectivity index (χ0) is 7.66. The van der Waals surface area contributed by atoms with E-state index in [1.807, 2.05) is 6.08 Å². The molecule has 0 heterocycles. The van der Waals surface area contributed by atoms with Gasteiger partial charge in [-0.1, -0.05) is 24.8 Å². The lowest BCUT2D eigenvalue weighted by molar-refractivity contribution is 0.193. The predicted molar refractivity (Wildman–Crippen MR) is 45.1 cm³/mol. The van der Waals surface area contributed by atoms with Crippen molar-refractivity contribution in [2.24, 2.45) is 0 Å². The Kier molecular flexibility index (Phi) is 7.97. The Balaban J connectivity index is 2.90. The van der Waals surface area contributed by atoms with E-state index >= 15 is 0 Å². The first-order valence-corrected chi connectivity index (χ1v) is 3.68. The number of hydrogen-bond donors (Lipinski definition) is 0. The van der Waals surface area contributed by atoms with Crippen LogP contribution in [0.1, 0.15) is 19.3 Å². The maximum atomic E-state index is 4.90. The Morgan fingerprint density at radius 1 is 1.40 bits per heavy atom. The molecule has 0 N–H and O–H groups in total. The lowest BCUT2D eigenvalue weighted by atomic mass is 10.2. The SMILES string of the molecule is C=CC=CCCCCOC. The molecule has 0 radical (unpaired) electrons. The van der Waals surface area contributed by atoms with Gasteiger partial charge in [0, 0.05) is 13.7 Å². The van der Waals surface area contributed by atoms with Crippen LogP contribution < -0.4 is 0 Å². The quantitative estimate of drug-likeness (QED) is 0.407. The average molecular weight is 140 g/mol. The molecule has 0 amide bonds. The van der Waals surface area contributed by atoms with E-state index in [2.05, 4.69) is 12.7 Å². The molecule has 1 nitrogen and oxygen atoms in total. The van der Waals surface area contributed by atoms with E-state index in [0.717, 1.165) is 19.4 Å². The van der Waals surface area contributed by atoms with Crippen molar-refractivity contribution in [1.82, 2.24) is 0 Å². The van der Waals surface area contributed by atoms with Gasteiger partial charge in [-0.3, -0.25) is 0 Å². The highest BCUT2D eigenvalue weighted by atomic mass is 16.5. The van der Waals surface area contributed by atoms with Crippen molar-refractivity contribution in [3.8, 4) is 0 Å². The summed E-state index contributed by atoms with van der Waals surface area (Å²) in [7, 11) is 1.74. The maximum Gasteiger partial charge on any atom is 0.0462 e. The lowest BCUT2D eigenvalue weighted by Gasteiger charge is -1.94. The third kappa shape index (κ3) is 7.44. The summed E-state index contributed by atoms with van der Waals surface area (Å²) in [5.41, 5.74) is 0. The topological polar surface area (TPSA) is 9.23 Å². The van der Waals surface area contributed by atoms with Gasteiger partial charge in [0.05, 0.1) is 0 Å². The molecule has 0 aromatic rings. The Labute approximate surface area is 63.4 Å². The molecule has 58 valence electrons. The van der Waals surface area contributed by atoms with Gasteiger partial charge in [-0.25, -0.2) is 0 Å². The van der Waals surface area contributed by atoms with Gasteiger partial charge in [0.15, 0.2) is 0 Å². The molecular formula is C9H16O. The van der Waals surface area contributed by atoms with E-state index in [0.29, 0.717) is 0 Å². The number of unbranched alkanes of at least 4 members (excludes halogenated alkanes) is 2. The van der Waals surface area contributed by atoms with E-state index < -0.39 is 0 Å². The molecule has 1 heteroatoms. The molecule has 0 aromatic carbocycles. The minimum absolute atomic E-state index is 0.877. The van der Waals surface area contributed by atoms with Crippen LogP contribution in [0.4, 0.5) is 0 Å². The summed E-state index contributed by atoms with van der Waals surface area (Å²) >= 11 is 0. The molecule has 0 spiro atoms. The zero-order valence-corrected chi connectivity index (χ0v) is 6.68. The second kappa shape index (κ2) is 8.44. The molecule has 10 heavy (non-hydrogen) atoms. The highest BCUT2D eigenvalue weighted by Crippen LogP contribution is 1.96. The second-order valence-corrected chi connectivity index (χ2v) is 2.15. The van der Waals surface area contributed by atoms with E-state index in [9.17, 15) is 0 Å². The van der Waals surface area contributed by atoms with Crippen molar-refractivity contribution in [3.05, 3.63) is 24.8 Å². The fourth-order valence-electron chi connectivity index (χ4n) is 0.701. The normalized spacial score (nSPS) is 10.5. The fourth-order valence-corrected chi connectivity index (χ4v) is 0.701. The van der Waals surface area contributed by atoms with Crippen LogP contribution in [-0.4, -0.2) is 13.7 Å². The summed E-state index contributed by atoms with van der Waals surface area (Å²) in [6, 6.07) is 0. The minimum Gasteiger partial charge on any atom is -0.385 e. The first-order valence-electron chi connectivity index (χ1n) is 3.68. The predicted octanol–water partition coefficient (Wildman–Crippen LogP) is 2.55. The highest BCUT2D eigenvalue weighted by molar-refractivity contribution is 4.96. The number of ether oxygens (including phenoxy) is 1. The molecule has 0 aromatic heterocycles. The highest BCUT2D eigenvalue weighted by Gasteiger charge is 1.82. The largest absolute Gasteiger partial charge is 0.385 e.